The molecule has 1 amide bonds. The number of hydrogen-bond donors (Lipinski definition) is 1. The number of carbonyl (C=O) groups is 1. The number of halogens is 1. The van der Waals surface area contributed by atoms with Crippen LogP contribution in [0.1, 0.15) is 18.1 Å². The Balaban J connectivity index is 1.98. The Morgan fingerprint density at radius 1 is 1.10 bits per heavy atom. The molecule has 0 spiro atoms. The van der Waals surface area contributed by atoms with Crippen LogP contribution in [0.25, 0.3) is 0 Å². The maximum absolute atomic E-state index is 12.8. The third kappa shape index (κ3) is 4.05. The molecular weight excluding hydrogens is 269 g/mol. The Hall–Kier alpha value is -2.36. The molecule has 1 atom stereocenters. The number of nitrogens with one attached hydrogen (secondary N) is 1. The van der Waals surface area contributed by atoms with Crippen LogP contribution in [0.2, 0.25) is 0 Å². The van der Waals surface area contributed by atoms with Crippen molar-refractivity contribution in [1.82, 2.24) is 0 Å². The van der Waals surface area contributed by atoms with Gasteiger partial charge in [0.2, 0.25) is 0 Å². The Morgan fingerprint density at radius 3 is 2.38 bits per heavy atom. The number of amides is 1. The van der Waals surface area contributed by atoms with Gasteiger partial charge in [-0.1, -0.05) is 6.07 Å². The fourth-order valence-corrected chi connectivity index (χ4v) is 1.83. The number of aryl methyl sites for hydroxylation is 2. The molecule has 0 saturated carbocycles. The molecule has 0 heterocycles. The van der Waals surface area contributed by atoms with E-state index in [2.05, 4.69) is 5.32 Å². The maximum Gasteiger partial charge on any atom is 0.265 e. The molecule has 0 radical (unpaired) electrons. The lowest BCUT2D eigenvalue weighted by Crippen LogP contribution is -2.30. The number of benzene rings is 2. The summed E-state index contributed by atoms with van der Waals surface area (Å²) in [5.74, 6) is -0.128. The summed E-state index contributed by atoms with van der Waals surface area (Å²) in [7, 11) is 0. The minimum Gasteiger partial charge on any atom is -0.481 e. The molecule has 3 nitrogen and oxygen atoms in total. The minimum absolute atomic E-state index is 0.248. The fourth-order valence-electron chi connectivity index (χ4n) is 1.83. The van der Waals surface area contributed by atoms with Crippen LogP contribution >= 0.6 is 0 Å². The summed E-state index contributed by atoms with van der Waals surface area (Å²) in [4.78, 5) is 12.1. The molecule has 2 aromatic rings. The zero-order chi connectivity index (χ0) is 15.4. The van der Waals surface area contributed by atoms with Gasteiger partial charge in [0.25, 0.3) is 5.91 Å². The molecule has 0 fully saturated rings. The molecule has 4 heteroatoms. The van der Waals surface area contributed by atoms with Crippen molar-refractivity contribution in [3.8, 4) is 5.75 Å². The first-order chi connectivity index (χ1) is 9.95. The van der Waals surface area contributed by atoms with Gasteiger partial charge in [-0.25, -0.2) is 4.39 Å². The Labute approximate surface area is 123 Å². The van der Waals surface area contributed by atoms with Gasteiger partial charge in [-0.3, -0.25) is 4.79 Å². The van der Waals surface area contributed by atoms with Gasteiger partial charge in [0.1, 0.15) is 11.6 Å². The monoisotopic (exact) mass is 287 g/mol. The predicted molar refractivity (Wildman–Crippen MR) is 81.0 cm³/mol. The van der Waals surface area contributed by atoms with Crippen molar-refractivity contribution in [2.45, 2.75) is 26.9 Å². The smallest absolute Gasteiger partial charge is 0.265 e. The van der Waals surface area contributed by atoms with Crippen LogP contribution in [-0.4, -0.2) is 12.0 Å². The average molecular weight is 287 g/mol. The van der Waals surface area contributed by atoms with Crippen LogP contribution in [0.15, 0.2) is 42.5 Å². The summed E-state index contributed by atoms with van der Waals surface area (Å²) in [5.41, 5.74) is 3.01. The molecule has 0 aliphatic rings. The number of ether oxygens (including phenoxy) is 1. The second-order valence-corrected chi connectivity index (χ2v) is 5.00. The summed E-state index contributed by atoms with van der Waals surface area (Å²) < 4.78 is 18.3. The summed E-state index contributed by atoms with van der Waals surface area (Å²) in [6.45, 7) is 5.66. The lowest BCUT2D eigenvalue weighted by Gasteiger charge is -2.15. The Morgan fingerprint density at radius 2 is 1.76 bits per heavy atom. The van der Waals surface area contributed by atoms with Crippen LogP contribution in [0, 0.1) is 19.7 Å². The van der Waals surface area contributed by atoms with Gasteiger partial charge in [-0.2, -0.15) is 0 Å². The van der Waals surface area contributed by atoms with Crippen molar-refractivity contribution < 1.29 is 13.9 Å². The van der Waals surface area contributed by atoms with E-state index in [9.17, 15) is 9.18 Å². The summed E-state index contributed by atoms with van der Waals surface area (Å²) in [6.07, 6.45) is -0.669. The molecule has 110 valence electrons. The predicted octanol–water partition coefficient (Wildman–Crippen LogP) is 3.85. The first kappa shape index (κ1) is 15.0. The lowest BCUT2D eigenvalue weighted by atomic mass is 10.1. The fraction of sp³-hybridized carbons (Fsp3) is 0.235. The highest BCUT2D eigenvalue weighted by Gasteiger charge is 2.15. The first-order valence-electron chi connectivity index (χ1n) is 6.76. The van der Waals surface area contributed by atoms with E-state index in [0.717, 1.165) is 11.3 Å². The molecule has 0 aliphatic carbocycles. The number of anilines is 1. The zero-order valence-corrected chi connectivity index (χ0v) is 12.3. The number of hydrogen-bond acceptors (Lipinski definition) is 2. The van der Waals surface area contributed by atoms with Crippen molar-refractivity contribution in [2.75, 3.05) is 5.32 Å². The lowest BCUT2D eigenvalue weighted by molar-refractivity contribution is -0.122. The molecule has 0 aliphatic heterocycles. The van der Waals surface area contributed by atoms with Crippen LogP contribution in [0.3, 0.4) is 0 Å². The van der Waals surface area contributed by atoms with E-state index in [1.54, 1.807) is 6.92 Å². The second-order valence-electron chi connectivity index (χ2n) is 5.00. The van der Waals surface area contributed by atoms with Gasteiger partial charge >= 0.3 is 0 Å². The van der Waals surface area contributed by atoms with E-state index in [1.165, 1.54) is 29.8 Å². The van der Waals surface area contributed by atoms with Crippen LogP contribution in [0.4, 0.5) is 10.1 Å². The molecule has 2 rings (SSSR count). The van der Waals surface area contributed by atoms with Crippen LogP contribution in [0.5, 0.6) is 5.75 Å². The quantitative estimate of drug-likeness (QED) is 0.927. The molecule has 21 heavy (non-hydrogen) atoms. The molecular formula is C17H18FNO2. The standard InChI is InChI=1S/C17H18FNO2/c1-11-4-7-15(10-12(11)2)19-17(20)13(3)21-16-8-5-14(18)6-9-16/h4-10,13H,1-3H3,(H,19,20). The van der Waals surface area contributed by atoms with E-state index < -0.39 is 6.10 Å². The molecule has 0 saturated heterocycles. The third-order valence-corrected chi connectivity index (χ3v) is 3.27. The molecule has 1 unspecified atom stereocenters. The van der Waals surface area contributed by atoms with Crippen molar-refractivity contribution in [3.63, 3.8) is 0 Å². The third-order valence-electron chi connectivity index (χ3n) is 3.27. The summed E-state index contributed by atoms with van der Waals surface area (Å²) >= 11 is 0. The normalized spacial score (nSPS) is 11.8. The molecule has 0 bridgehead atoms. The van der Waals surface area contributed by atoms with Crippen molar-refractivity contribution in [1.29, 1.82) is 0 Å². The molecule has 2 aromatic carbocycles. The van der Waals surface area contributed by atoms with Gasteiger partial charge in [0.15, 0.2) is 6.10 Å². The first-order valence-corrected chi connectivity index (χ1v) is 6.76. The second kappa shape index (κ2) is 6.39. The van der Waals surface area contributed by atoms with Gasteiger partial charge in [-0.05, 0) is 68.3 Å². The minimum atomic E-state index is -0.669. The van der Waals surface area contributed by atoms with E-state index in [4.69, 9.17) is 4.74 Å². The van der Waals surface area contributed by atoms with Gasteiger partial charge in [0.05, 0.1) is 0 Å². The van der Waals surface area contributed by atoms with E-state index in [-0.39, 0.29) is 11.7 Å². The van der Waals surface area contributed by atoms with Crippen molar-refractivity contribution >= 4 is 11.6 Å². The average Bonchev–Trinajstić information content (AvgIpc) is 2.45. The highest BCUT2D eigenvalue weighted by Crippen LogP contribution is 2.16. The van der Waals surface area contributed by atoms with Gasteiger partial charge in [-0.15, -0.1) is 0 Å². The molecule has 1 N–H and O–H groups in total. The van der Waals surface area contributed by atoms with Crippen LogP contribution < -0.4 is 10.1 Å². The van der Waals surface area contributed by atoms with Crippen molar-refractivity contribution in [3.05, 3.63) is 59.4 Å². The van der Waals surface area contributed by atoms with E-state index in [1.807, 2.05) is 32.0 Å². The van der Waals surface area contributed by atoms with Gasteiger partial charge in [0, 0.05) is 5.69 Å². The van der Waals surface area contributed by atoms with E-state index in [0.29, 0.717) is 5.75 Å². The topological polar surface area (TPSA) is 38.3 Å². The number of rotatable bonds is 4. The summed E-state index contributed by atoms with van der Waals surface area (Å²) in [6, 6.07) is 11.3. The van der Waals surface area contributed by atoms with Crippen molar-refractivity contribution in [2.24, 2.45) is 0 Å². The highest BCUT2D eigenvalue weighted by atomic mass is 19.1. The van der Waals surface area contributed by atoms with E-state index >= 15 is 0 Å². The largest absolute Gasteiger partial charge is 0.481 e. The Kier molecular flexibility index (Phi) is 4.58. The number of carbonyl (C=O) groups excluding carboxylic acids is 1. The van der Waals surface area contributed by atoms with Crippen LogP contribution in [-0.2, 0) is 4.79 Å². The van der Waals surface area contributed by atoms with Gasteiger partial charge < -0.3 is 10.1 Å². The maximum atomic E-state index is 12.8. The SMILES string of the molecule is Cc1ccc(NC(=O)C(C)Oc2ccc(F)cc2)cc1C. The zero-order valence-electron chi connectivity index (χ0n) is 12.3. The highest BCUT2D eigenvalue weighted by molar-refractivity contribution is 5.94. The Bertz CT molecular complexity index is 638. The summed E-state index contributed by atoms with van der Waals surface area (Å²) in [5, 5.41) is 2.80. The molecule has 0 aromatic heterocycles.